The van der Waals surface area contributed by atoms with E-state index in [1.807, 2.05) is 0 Å². The van der Waals surface area contributed by atoms with Crippen LogP contribution in [0.1, 0.15) is 65.5 Å². The molecule has 0 aliphatic heterocycles. The van der Waals surface area contributed by atoms with Gasteiger partial charge >= 0.3 is 0 Å². The summed E-state index contributed by atoms with van der Waals surface area (Å²) in [6.07, 6.45) is 0.993. The third kappa shape index (κ3) is 9.96. The summed E-state index contributed by atoms with van der Waals surface area (Å²) in [4.78, 5) is 0. The SMILES string of the molecule is [2H]C([2H])([2H])[C@@H](O)C([2H])([2H])CCCCCCC. The highest BCUT2D eigenvalue weighted by atomic mass is 16.3. The van der Waals surface area contributed by atoms with Crippen molar-refractivity contribution < 1.29 is 12.0 Å². The summed E-state index contributed by atoms with van der Waals surface area (Å²) in [7, 11) is 0. The van der Waals surface area contributed by atoms with Crippen molar-refractivity contribution in [1.82, 2.24) is 0 Å². The Balaban J connectivity index is 3.95. The molecule has 1 nitrogen and oxygen atoms in total. The molecule has 0 aliphatic carbocycles. The van der Waals surface area contributed by atoms with Crippen LogP contribution in [0.25, 0.3) is 0 Å². The van der Waals surface area contributed by atoms with Gasteiger partial charge in [0.15, 0.2) is 0 Å². The molecule has 0 aromatic rings. The summed E-state index contributed by atoms with van der Waals surface area (Å²) in [5.74, 6) is 0. The third-order valence-electron chi connectivity index (χ3n) is 1.62. The molecule has 0 unspecified atom stereocenters. The number of unbranched alkanes of at least 4 members (excludes halogenated alkanes) is 4. The number of hydrogen-bond acceptors (Lipinski definition) is 1. The summed E-state index contributed by atoms with van der Waals surface area (Å²) in [6, 6.07) is 0. The Kier molecular flexibility index (Phi) is 3.56. The van der Waals surface area contributed by atoms with Gasteiger partial charge in [0.25, 0.3) is 0 Å². The van der Waals surface area contributed by atoms with Gasteiger partial charge in [0, 0.05) is 6.85 Å². The zero-order valence-electron chi connectivity index (χ0n) is 12.3. The highest BCUT2D eigenvalue weighted by Crippen LogP contribution is 2.07. The van der Waals surface area contributed by atoms with E-state index in [0.717, 1.165) is 25.7 Å². The van der Waals surface area contributed by atoms with Crippen molar-refractivity contribution in [2.75, 3.05) is 0 Å². The molecular weight excluding hydrogens is 136 g/mol. The van der Waals surface area contributed by atoms with Crippen molar-refractivity contribution in [3.8, 4) is 0 Å². The van der Waals surface area contributed by atoms with Gasteiger partial charge in [-0.2, -0.15) is 0 Å². The standard InChI is InChI=1S/C10H22O/c1-3-4-5-6-7-8-9-10(2)11/h10-11H,3-9H2,1-2H3/t10-/m1/s1/i2D3,9D2. The van der Waals surface area contributed by atoms with E-state index in [-0.39, 0.29) is 6.42 Å². The summed E-state index contributed by atoms with van der Waals surface area (Å²) >= 11 is 0. The van der Waals surface area contributed by atoms with Gasteiger partial charge in [-0.1, -0.05) is 45.4 Å². The van der Waals surface area contributed by atoms with Crippen LogP contribution in [0.15, 0.2) is 0 Å². The fourth-order valence-electron chi connectivity index (χ4n) is 0.967. The molecule has 1 N–H and O–H groups in total. The van der Waals surface area contributed by atoms with E-state index >= 15 is 0 Å². The Morgan fingerprint density at radius 2 is 1.91 bits per heavy atom. The number of rotatable bonds is 7. The molecule has 1 heteroatoms. The van der Waals surface area contributed by atoms with Crippen LogP contribution in [-0.2, 0) is 0 Å². The minimum absolute atomic E-state index is 0.107. The Bertz CT molecular complexity index is 190. The van der Waals surface area contributed by atoms with Gasteiger partial charge in [-0.25, -0.2) is 0 Å². The number of aliphatic hydroxyl groups is 1. The summed E-state index contributed by atoms with van der Waals surface area (Å²) in [5.41, 5.74) is 0. The molecule has 0 rings (SSSR count). The van der Waals surface area contributed by atoms with Gasteiger partial charge < -0.3 is 5.11 Å². The van der Waals surface area contributed by atoms with Crippen LogP contribution in [0.2, 0.25) is 0 Å². The smallest absolute Gasteiger partial charge is 0.0512 e. The molecule has 0 spiro atoms. The quantitative estimate of drug-likeness (QED) is 0.572. The van der Waals surface area contributed by atoms with Gasteiger partial charge in [0.1, 0.15) is 0 Å². The number of aliphatic hydroxyl groups excluding tert-OH is 1. The maximum absolute atomic E-state index is 9.38. The van der Waals surface area contributed by atoms with Crippen molar-refractivity contribution in [3.63, 3.8) is 0 Å². The Morgan fingerprint density at radius 3 is 2.55 bits per heavy atom. The second-order valence-corrected chi connectivity index (χ2v) is 2.77. The largest absolute Gasteiger partial charge is 0.393 e. The molecule has 0 fully saturated rings. The first-order valence-electron chi connectivity index (χ1n) is 6.90. The lowest BCUT2D eigenvalue weighted by molar-refractivity contribution is 0.180. The lowest BCUT2D eigenvalue weighted by atomic mass is 10.1. The Morgan fingerprint density at radius 1 is 1.27 bits per heavy atom. The van der Waals surface area contributed by atoms with Gasteiger partial charge in [0.2, 0.25) is 0 Å². The van der Waals surface area contributed by atoms with E-state index < -0.39 is 19.3 Å². The van der Waals surface area contributed by atoms with Crippen molar-refractivity contribution in [2.24, 2.45) is 0 Å². The van der Waals surface area contributed by atoms with Crippen LogP contribution < -0.4 is 0 Å². The summed E-state index contributed by atoms with van der Waals surface area (Å²) in [6.45, 7) is -0.537. The monoisotopic (exact) mass is 163 g/mol. The van der Waals surface area contributed by atoms with E-state index in [1.54, 1.807) is 0 Å². The Hall–Kier alpha value is -0.0400. The third-order valence-corrected chi connectivity index (χ3v) is 1.62. The molecule has 0 aliphatic rings. The summed E-state index contributed by atoms with van der Waals surface area (Å²) in [5, 5.41) is 9.38. The highest BCUT2D eigenvalue weighted by Gasteiger charge is 1.94. The van der Waals surface area contributed by atoms with Crippen molar-refractivity contribution in [2.45, 2.75) is 64.8 Å². The fraction of sp³-hybridized carbons (Fsp3) is 1.00. The van der Waals surface area contributed by atoms with Crippen LogP contribution >= 0.6 is 0 Å². The topological polar surface area (TPSA) is 20.2 Å². The molecule has 0 radical (unpaired) electrons. The molecule has 0 saturated heterocycles. The molecule has 68 valence electrons. The average molecular weight is 163 g/mol. The highest BCUT2D eigenvalue weighted by molar-refractivity contribution is 4.48. The van der Waals surface area contributed by atoms with Crippen LogP contribution in [-0.4, -0.2) is 11.2 Å². The predicted octanol–water partition coefficient (Wildman–Crippen LogP) is 3.12. The zero-order valence-corrected chi connectivity index (χ0v) is 7.27. The van der Waals surface area contributed by atoms with Crippen LogP contribution in [0.3, 0.4) is 0 Å². The van der Waals surface area contributed by atoms with Crippen LogP contribution in [0, 0.1) is 0 Å². The van der Waals surface area contributed by atoms with E-state index in [0.29, 0.717) is 6.42 Å². The molecule has 11 heavy (non-hydrogen) atoms. The van der Waals surface area contributed by atoms with Crippen LogP contribution in [0.5, 0.6) is 0 Å². The van der Waals surface area contributed by atoms with Crippen molar-refractivity contribution in [1.29, 1.82) is 0 Å². The van der Waals surface area contributed by atoms with E-state index in [4.69, 9.17) is 6.85 Å². The normalized spacial score (nSPS) is 22.5. The maximum Gasteiger partial charge on any atom is 0.0512 e. The molecule has 1 atom stereocenters. The second kappa shape index (κ2) is 8.06. The lowest BCUT2D eigenvalue weighted by Gasteiger charge is -2.02. The molecule has 0 bridgehead atoms. The van der Waals surface area contributed by atoms with Gasteiger partial charge in [0.05, 0.1) is 6.10 Å². The molecule has 0 saturated carbocycles. The van der Waals surface area contributed by atoms with Crippen LogP contribution in [0.4, 0.5) is 0 Å². The molecule has 0 heterocycles. The minimum Gasteiger partial charge on any atom is -0.393 e. The molecule has 0 amide bonds. The molecule has 0 aromatic carbocycles. The first-order valence-corrected chi connectivity index (χ1v) is 4.40. The minimum atomic E-state index is -2.63. The van der Waals surface area contributed by atoms with E-state index in [2.05, 4.69) is 6.92 Å². The summed E-state index contributed by atoms with van der Waals surface area (Å²) < 4.78 is 36.0. The molecular formula is C10H22O. The number of hydrogen-bond donors (Lipinski definition) is 1. The van der Waals surface area contributed by atoms with Crippen molar-refractivity contribution >= 4 is 0 Å². The average Bonchev–Trinajstić information content (AvgIpc) is 2.15. The zero-order chi connectivity index (χ0) is 12.8. The maximum atomic E-state index is 9.38. The van der Waals surface area contributed by atoms with E-state index in [1.165, 1.54) is 0 Å². The first kappa shape index (κ1) is 4.86. The van der Waals surface area contributed by atoms with Gasteiger partial charge in [-0.3, -0.25) is 0 Å². The predicted molar refractivity (Wildman–Crippen MR) is 49.7 cm³/mol. The Labute approximate surface area is 77.8 Å². The van der Waals surface area contributed by atoms with Gasteiger partial charge in [-0.15, -0.1) is 0 Å². The second-order valence-electron chi connectivity index (χ2n) is 2.77. The molecule has 0 aromatic heterocycles. The lowest BCUT2D eigenvalue weighted by Crippen LogP contribution is -1.98. The van der Waals surface area contributed by atoms with E-state index in [9.17, 15) is 5.11 Å². The van der Waals surface area contributed by atoms with Crippen molar-refractivity contribution in [3.05, 3.63) is 0 Å². The fourth-order valence-corrected chi connectivity index (χ4v) is 0.967. The van der Waals surface area contributed by atoms with Gasteiger partial charge in [-0.05, 0) is 13.2 Å². The first-order chi connectivity index (χ1) is 7.22.